The van der Waals surface area contributed by atoms with Crippen LogP contribution >= 0.6 is 0 Å². The third-order valence-electron chi connectivity index (χ3n) is 9.77. The van der Waals surface area contributed by atoms with Crippen LogP contribution in [0.25, 0.3) is 0 Å². The van der Waals surface area contributed by atoms with Crippen LogP contribution in [-0.4, -0.2) is 28.3 Å². The van der Waals surface area contributed by atoms with Crippen molar-refractivity contribution in [2.75, 3.05) is 0 Å². The van der Waals surface area contributed by atoms with Crippen LogP contribution in [0.1, 0.15) is 106 Å². The van der Waals surface area contributed by atoms with E-state index in [1.165, 1.54) is 44.9 Å². The molecular weight excluding hydrogens is 449 g/mol. The van der Waals surface area contributed by atoms with Gasteiger partial charge in [-0.15, -0.1) is 12.3 Å². The molecule has 0 aromatic carbocycles. The van der Waals surface area contributed by atoms with Gasteiger partial charge in [0.15, 0.2) is 16.6 Å². The van der Waals surface area contributed by atoms with Crippen molar-refractivity contribution in [3.8, 4) is 12.3 Å². The number of hydrogen-bond donors (Lipinski definition) is 0. The first-order valence-electron chi connectivity index (χ1n) is 14.1. The van der Waals surface area contributed by atoms with Gasteiger partial charge in [-0.2, -0.15) is 0 Å². The van der Waals surface area contributed by atoms with Gasteiger partial charge in [0.2, 0.25) is 0 Å². The highest BCUT2D eigenvalue weighted by Crippen LogP contribution is 2.63. The van der Waals surface area contributed by atoms with Gasteiger partial charge in [-0.05, 0) is 113 Å². The summed E-state index contributed by atoms with van der Waals surface area (Å²) in [6.45, 7) is 28.5. The maximum atomic E-state index is 7.10. The molecule has 5 atom stereocenters. The van der Waals surface area contributed by atoms with Crippen molar-refractivity contribution in [3.63, 3.8) is 0 Å². The van der Waals surface area contributed by atoms with Gasteiger partial charge in [0.25, 0.3) is 0 Å². The topological polar surface area (TPSA) is 18.5 Å². The second kappa shape index (κ2) is 10.3. The fourth-order valence-corrected chi connectivity index (χ4v) is 10.5. The van der Waals surface area contributed by atoms with Crippen LogP contribution in [-0.2, 0) is 8.85 Å². The summed E-state index contributed by atoms with van der Waals surface area (Å²) in [4.78, 5) is 0. The van der Waals surface area contributed by atoms with E-state index in [0.717, 1.165) is 12.8 Å². The summed E-state index contributed by atoms with van der Waals surface area (Å²) in [5, 5.41) is 0.266. The molecule has 0 N–H and O–H groups in total. The SMILES string of the molecule is C#CC[C@@](C)(CCCC(C)(C)O[Si](C)(C)C)C1CCC2[C@@H](O[Si](C)(C)C(C)(C)C)CCC[C@@]21C. The standard InChI is InChI=1S/C30H58O2Si2/c1-14-20-29(7,22-16-21-28(5,6)32-33(9,10)11)26-19-18-24-25(17-15-23-30(24,26)8)31-34(12,13)27(2,3)4/h1,24-26H,15-23H2,2-13H3/t24?,25-,26?,29-,30-/m0/s1. The van der Waals surface area contributed by atoms with Gasteiger partial charge in [0.1, 0.15) is 0 Å². The molecule has 0 spiro atoms. The summed E-state index contributed by atoms with van der Waals surface area (Å²) in [6, 6.07) is 0. The average Bonchev–Trinajstić information content (AvgIpc) is 2.97. The van der Waals surface area contributed by atoms with Crippen molar-refractivity contribution in [2.24, 2.45) is 22.7 Å². The minimum Gasteiger partial charge on any atom is -0.414 e. The van der Waals surface area contributed by atoms with Crippen LogP contribution in [0.2, 0.25) is 37.8 Å². The van der Waals surface area contributed by atoms with Crippen LogP contribution in [0.5, 0.6) is 0 Å². The fourth-order valence-electron chi connectivity index (χ4n) is 7.38. The Bertz CT molecular complexity index is 724. The minimum atomic E-state index is -1.77. The highest BCUT2D eigenvalue weighted by atomic mass is 28.4. The maximum Gasteiger partial charge on any atom is 0.192 e. The summed E-state index contributed by atoms with van der Waals surface area (Å²) in [5.41, 5.74) is 0.504. The number of terminal acetylenes is 1. The Hall–Kier alpha value is -0.0862. The summed E-state index contributed by atoms with van der Waals surface area (Å²) in [7, 11) is -3.32. The molecule has 0 heterocycles. The Morgan fingerprint density at radius 2 is 1.56 bits per heavy atom. The summed E-state index contributed by atoms with van der Waals surface area (Å²) in [5.74, 6) is 4.48. The zero-order valence-corrected chi connectivity index (χ0v) is 27.0. The fraction of sp³-hybridized carbons (Fsp3) is 0.933. The van der Waals surface area contributed by atoms with Crippen molar-refractivity contribution in [2.45, 2.75) is 156 Å². The van der Waals surface area contributed by atoms with Crippen LogP contribution in [0, 0.1) is 35.0 Å². The Labute approximate surface area is 216 Å². The molecule has 2 rings (SSSR count). The molecule has 2 fully saturated rings. The van der Waals surface area contributed by atoms with Crippen LogP contribution < -0.4 is 0 Å². The van der Waals surface area contributed by atoms with Gasteiger partial charge in [0, 0.05) is 12.5 Å². The highest BCUT2D eigenvalue weighted by molar-refractivity contribution is 6.74. The molecule has 198 valence electrons. The predicted octanol–water partition coefficient (Wildman–Crippen LogP) is 9.42. The van der Waals surface area contributed by atoms with Gasteiger partial charge < -0.3 is 8.85 Å². The molecule has 0 saturated heterocycles. The molecular formula is C30H58O2Si2. The zero-order chi connectivity index (χ0) is 26.2. The second-order valence-corrected chi connectivity index (χ2v) is 24.6. The minimum absolute atomic E-state index is 0.0451. The van der Waals surface area contributed by atoms with E-state index in [1.54, 1.807) is 0 Å². The number of hydrogen-bond acceptors (Lipinski definition) is 2. The smallest absolute Gasteiger partial charge is 0.192 e. The molecule has 0 aromatic rings. The summed E-state index contributed by atoms with van der Waals surface area (Å²) < 4.78 is 13.6. The van der Waals surface area contributed by atoms with E-state index < -0.39 is 16.6 Å². The first kappa shape index (κ1) is 30.1. The molecule has 0 radical (unpaired) electrons. The molecule has 0 aliphatic heterocycles. The van der Waals surface area contributed by atoms with Crippen LogP contribution in [0.4, 0.5) is 0 Å². The molecule has 34 heavy (non-hydrogen) atoms. The Balaban J connectivity index is 2.18. The van der Waals surface area contributed by atoms with Crippen molar-refractivity contribution in [3.05, 3.63) is 0 Å². The van der Waals surface area contributed by atoms with E-state index in [9.17, 15) is 0 Å². The Morgan fingerprint density at radius 3 is 2.09 bits per heavy atom. The molecule has 2 saturated carbocycles. The first-order chi connectivity index (χ1) is 15.3. The van der Waals surface area contributed by atoms with Crippen molar-refractivity contribution >= 4 is 16.6 Å². The number of fused-ring (bicyclic) bond motifs is 1. The van der Waals surface area contributed by atoms with Gasteiger partial charge in [-0.25, -0.2) is 0 Å². The zero-order valence-electron chi connectivity index (χ0n) is 25.0. The van der Waals surface area contributed by atoms with Crippen molar-refractivity contribution < 1.29 is 8.85 Å². The summed E-state index contributed by atoms with van der Waals surface area (Å²) >= 11 is 0. The molecule has 2 aliphatic rings. The maximum absolute atomic E-state index is 7.10. The lowest BCUT2D eigenvalue weighted by Gasteiger charge is -2.52. The lowest BCUT2D eigenvalue weighted by molar-refractivity contribution is -0.0441. The van der Waals surface area contributed by atoms with Gasteiger partial charge in [-0.1, -0.05) is 47.5 Å². The lowest BCUT2D eigenvalue weighted by atomic mass is 9.56. The second-order valence-electron chi connectivity index (χ2n) is 15.4. The van der Waals surface area contributed by atoms with E-state index >= 15 is 0 Å². The van der Waals surface area contributed by atoms with Gasteiger partial charge >= 0.3 is 0 Å². The molecule has 4 heteroatoms. The average molecular weight is 507 g/mol. The molecule has 2 unspecified atom stereocenters. The monoisotopic (exact) mass is 506 g/mol. The Morgan fingerprint density at radius 1 is 0.941 bits per heavy atom. The van der Waals surface area contributed by atoms with E-state index in [2.05, 4.69) is 87.1 Å². The van der Waals surface area contributed by atoms with E-state index in [4.69, 9.17) is 15.3 Å². The molecule has 0 amide bonds. The van der Waals surface area contributed by atoms with E-state index in [1.807, 2.05) is 0 Å². The van der Waals surface area contributed by atoms with E-state index in [-0.39, 0.29) is 16.1 Å². The largest absolute Gasteiger partial charge is 0.414 e. The third kappa shape index (κ3) is 7.02. The quantitative estimate of drug-likeness (QED) is 0.217. The molecule has 2 nitrogen and oxygen atoms in total. The van der Waals surface area contributed by atoms with Crippen LogP contribution in [0.3, 0.4) is 0 Å². The Kier molecular flexibility index (Phi) is 9.17. The predicted molar refractivity (Wildman–Crippen MR) is 154 cm³/mol. The highest BCUT2D eigenvalue weighted by Gasteiger charge is 2.57. The molecule has 0 bridgehead atoms. The first-order valence-corrected chi connectivity index (χ1v) is 20.4. The summed E-state index contributed by atoms with van der Waals surface area (Å²) in [6.07, 6.45) is 17.3. The van der Waals surface area contributed by atoms with Crippen molar-refractivity contribution in [1.29, 1.82) is 0 Å². The normalized spacial score (nSPS) is 30.5. The van der Waals surface area contributed by atoms with Gasteiger partial charge in [-0.3, -0.25) is 0 Å². The third-order valence-corrected chi connectivity index (χ3v) is 15.4. The van der Waals surface area contributed by atoms with E-state index in [0.29, 0.717) is 23.4 Å². The molecule has 0 aromatic heterocycles. The molecule has 2 aliphatic carbocycles. The van der Waals surface area contributed by atoms with Crippen molar-refractivity contribution in [1.82, 2.24) is 0 Å². The number of rotatable bonds is 10. The van der Waals surface area contributed by atoms with Crippen LogP contribution in [0.15, 0.2) is 0 Å². The van der Waals surface area contributed by atoms with Gasteiger partial charge in [0.05, 0.1) is 5.60 Å². The lowest BCUT2D eigenvalue weighted by Crippen LogP contribution is -2.51.